The number of likely N-dealkylation sites (N-methyl/N-ethyl adjacent to an activating group) is 1. The Morgan fingerprint density at radius 1 is 1.53 bits per heavy atom. The molecule has 0 heterocycles. The molecule has 0 radical (unpaired) electrons. The van der Waals surface area contributed by atoms with Crippen molar-refractivity contribution < 1.29 is 9.90 Å². The van der Waals surface area contributed by atoms with Crippen molar-refractivity contribution >= 4 is 11.8 Å². The van der Waals surface area contributed by atoms with Crippen LogP contribution in [0.2, 0.25) is 0 Å². The van der Waals surface area contributed by atoms with Gasteiger partial charge < -0.3 is 15.3 Å². The summed E-state index contributed by atoms with van der Waals surface area (Å²) in [6.07, 6.45) is 1.54. The Kier molecular flexibility index (Phi) is 5.07. The van der Waals surface area contributed by atoms with Crippen molar-refractivity contribution in [2.75, 3.05) is 25.0 Å². The third-order valence-corrected chi connectivity index (χ3v) is 2.48. The molecule has 0 aliphatic heterocycles. The fourth-order valence-electron chi connectivity index (χ4n) is 1.69. The molecule has 1 aromatic carbocycles. The lowest BCUT2D eigenvalue weighted by Crippen LogP contribution is -2.24. The van der Waals surface area contributed by atoms with Crippen molar-refractivity contribution in [3.63, 3.8) is 0 Å². The van der Waals surface area contributed by atoms with E-state index in [2.05, 4.69) is 16.8 Å². The van der Waals surface area contributed by atoms with Gasteiger partial charge in [-0.05, 0) is 18.1 Å². The number of para-hydroxylation sites is 1. The molecule has 0 spiro atoms. The van der Waals surface area contributed by atoms with E-state index in [1.807, 2.05) is 37.4 Å². The van der Waals surface area contributed by atoms with E-state index >= 15 is 0 Å². The van der Waals surface area contributed by atoms with Crippen LogP contribution >= 0.6 is 0 Å². The van der Waals surface area contributed by atoms with Gasteiger partial charge in [-0.2, -0.15) is 0 Å². The van der Waals surface area contributed by atoms with Gasteiger partial charge in [-0.3, -0.25) is 0 Å². The number of rotatable bonds is 6. The minimum absolute atomic E-state index is 0.425. The normalized spacial score (nSPS) is 9.71. The lowest BCUT2D eigenvalue weighted by atomic mass is 10.1. The second-order valence-electron chi connectivity index (χ2n) is 3.78. The molecule has 1 aromatic rings. The molecule has 0 aliphatic rings. The van der Waals surface area contributed by atoms with Gasteiger partial charge in [0.2, 0.25) is 0 Å². The summed E-state index contributed by atoms with van der Waals surface area (Å²) in [5, 5.41) is 10.9. The maximum absolute atomic E-state index is 10.4. The zero-order valence-electron chi connectivity index (χ0n) is 10.0. The van der Waals surface area contributed by atoms with Crippen LogP contribution in [0.3, 0.4) is 0 Å². The molecular formula is C13H18N2O2. The molecule has 1 rings (SSSR count). The minimum Gasteiger partial charge on any atom is -0.465 e. The monoisotopic (exact) mass is 234 g/mol. The van der Waals surface area contributed by atoms with Crippen LogP contribution in [0.4, 0.5) is 10.5 Å². The van der Waals surface area contributed by atoms with E-state index in [1.54, 1.807) is 0 Å². The van der Waals surface area contributed by atoms with E-state index in [9.17, 15) is 4.79 Å². The summed E-state index contributed by atoms with van der Waals surface area (Å²) < 4.78 is 0. The van der Waals surface area contributed by atoms with E-state index < -0.39 is 6.09 Å². The summed E-state index contributed by atoms with van der Waals surface area (Å²) in [5.74, 6) is 0. The first-order chi connectivity index (χ1) is 8.15. The molecule has 17 heavy (non-hydrogen) atoms. The molecule has 92 valence electrons. The highest BCUT2D eigenvalue weighted by atomic mass is 16.4. The van der Waals surface area contributed by atoms with Gasteiger partial charge in [0.25, 0.3) is 0 Å². The van der Waals surface area contributed by atoms with Crippen molar-refractivity contribution in [1.29, 1.82) is 0 Å². The molecule has 0 fully saturated rings. The summed E-state index contributed by atoms with van der Waals surface area (Å²) in [6.45, 7) is 4.90. The van der Waals surface area contributed by atoms with Crippen LogP contribution < -0.4 is 10.2 Å². The van der Waals surface area contributed by atoms with Crippen LogP contribution in [0.5, 0.6) is 0 Å². The van der Waals surface area contributed by atoms with Crippen molar-refractivity contribution in [2.24, 2.45) is 0 Å². The van der Waals surface area contributed by atoms with E-state index in [4.69, 9.17) is 5.11 Å². The maximum atomic E-state index is 10.4. The Hall–Kier alpha value is -1.97. The molecule has 4 heteroatoms. The van der Waals surface area contributed by atoms with E-state index in [1.165, 1.54) is 0 Å². The van der Waals surface area contributed by atoms with Crippen LogP contribution in [0, 0.1) is 0 Å². The number of carbonyl (C=O) groups is 1. The topological polar surface area (TPSA) is 52.6 Å². The third kappa shape index (κ3) is 4.18. The predicted octanol–water partition coefficient (Wildman–Crippen LogP) is 2.12. The zero-order valence-corrected chi connectivity index (χ0v) is 10.0. The van der Waals surface area contributed by atoms with Gasteiger partial charge in [-0.25, -0.2) is 4.79 Å². The van der Waals surface area contributed by atoms with Gasteiger partial charge >= 0.3 is 6.09 Å². The SMILES string of the molecule is C=CCN(C)c1ccccc1CCNC(=O)O. The number of nitrogens with one attached hydrogen (secondary N) is 1. The summed E-state index contributed by atoms with van der Waals surface area (Å²) in [4.78, 5) is 12.5. The number of hydrogen-bond acceptors (Lipinski definition) is 2. The van der Waals surface area contributed by atoms with Crippen LogP contribution in [-0.2, 0) is 6.42 Å². The molecule has 0 unspecified atom stereocenters. The number of hydrogen-bond donors (Lipinski definition) is 2. The Balaban J connectivity index is 2.70. The fraction of sp³-hybridized carbons (Fsp3) is 0.308. The first kappa shape index (κ1) is 13.1. The quantitative estimate of drug-likeness (QED) is 0.741. The van der Waals surface area contributed by atoms with E-state index in [0.717, 1.165) is 17.8 Å². The van der Waals surface area contributed by atoms with Gasteiger partial charge in [0.1, 0.15) is 0 Å². The lowest BCUT2D eigenvalue weighted by molar-refractivity contribution is 0.194. The molecule has 0 aromatic heterocycles. The molecule has 1 amide bonds. The van der Waals surface area contributed by atoms with E-state index in [-0.39, 0.29) is 0 Å². The first-order valence-corrected chi connectivity index (χ1v) is 5.52. The molecule has 0 saturated heterocycles. The number of nitrogens with zero attached hydrogens (tertiary/aromatic N) is 1. The Labute approximate surface area is 102 Å². The summed E-state index contributed by atoms with van der Waals surface area (Å²) >= 11 is 0. The summed E-state index contributed by atoms with van der Waals surface area (Å²) in [6, 6.07) is 7.97. The van der Waals surface area contributed by atoms with Crippen molar-refractivity contribution in [3.05, 3.63) is 42.5 Å². The number of benzene rings is 1. The number of carboxylic acid groups (broad SMARTS) is 1. The Bertz CT molecular complexity index is 391. The highest BCUT2D eigenvalue weighted by molar-refractivity contribution is 5.64. The molecule has 4 nitrogen and oxygen atoms in total. The van der Waals surface area contributed by atoms with Gasteiger partial charge in [0.15, 0.2) is 0 Å². The van der Waals surface area contributed by atoms with E-state index in [0.29, 0.717) is 13.0 Å². The molecule has 0 saturated carbocycles. The first-order valence-electron chi connectivity index (χ1n) is 5.52. The average Bonchev–Trinajstić information content (AvgIpc) is 2.29. The molecule has 0 atom stereocenters. The van der Waals surface area contributed by atoms with Gasteiger partial charge in [0, 0.05) is 25.8 Å². The van der Waals surface area contributed by atoms with Crippen molar-refractivity contribution in [1.82, 2.24) is 5.32 Å². The van der Waals surface area contributed by atoms with Gasteiger partial charge in [0.05, 0.1) is 0 Å². The Morgan fingerprint density at radius 2 is 2.24 bits per heavy atom. The highest BCUT2D eigenvalue weighted by Crippen LogP contribution is 2.19. The zero-order chi connectivity index (χ0) is 12.7. The largest absolute Gasteiger partial charge is 0.465 e. The second kappa shape index (κ2) is 6.58. The summed E-state index contributed by atoms with van der Waals surface area (Å²) in [5.41, 5.74) is 2.24. The fourth-order valence-corrected chi connectivity index (χ4v) is 1.69. The number of amides is 1. The number of anilines is 1. The van der Waals surface area contributed by atoms with Crippen molar-refractivity contribution in [3.8, 4) is 0 Å². The molecule has 0 bridgehead atoms. The average molecular weight is 234 g/mol. The third-order valence-electron chi connectivity index (χ3n) is 2.48. The van der Waals surface area contributed by atoms with Crippen LogP contribution in [0.1, 0.15) is 5.56 Å². The van der Waals surface area contributed by atoms with Crippen LogP contribution in [0.15, 0.2) is 36.9 Å². The highest BCUT2D eigenvalue weighted by Gasteiger charge is 2.05. The van der Waals surface area contributed by atoms with Crippen molar-refractivity contribution in [2.45, 2.75) is 6.42 Å². The van der Waals surface area contributed by atoms with Crippen LogP contribution in [0.25, 0.3) is 0 Å². The summed E-state index contributed by atoms with van der Waals surface area (Å²) in [7, 11) is 1.99. The molecule has 2 N–H and O–H groups in total. The lowest BCUT2D eigenvalue weighted by Gasteiger charge is -2.20. The predicted molar refractivity (Wildman–Crippen MR) is 69.6 cm³/mol. The minimum atomic E-state index is -0.984. The maximum Gasteiger partial charge on any atom is 0.404 e. The standard InChI is InChI=1S/C13H18N2O2/c1-3-10-15(2)12-7-5-4-6-11(12)8-9-14-13(16)17/h3-7,14H,1,8-10H2,2H3,(H,16,17). The van der Waals surface area contributed by atoms with Gasteiger partial charge in [-0.1, -0.05) is 24.3 Å². The molecule has 0 aliphatic carbocycles. The Morgan fingerprint density at radius 3 is 2.88 bits per heavy atom. The van der Waals surface area contributed by atoms with Crippen LogP contribution in [-0.4, -0.2) is 31.3 Å². The molecular weight excluding hydrogens is 216 g/mol. The smallest absolute Gasteiger partial charge is 0.404 e. The van der Waals surface area contributed by atoms with Gasteiger partial charge in [-0.15, -0.1) is 6.58 Å². The second-order valence-corrected chi connectivity index (χ2v) is 3.78.